The number of hydrogen-bond donors (Lipinski definition) is 1. The van der Waals surface area contributed by atoms with Gasteiger partial charge in [0, 0.05) is 30.2 Å². The summed E-state index contributed by atoms with van der Waals surface area (Å²) in [6.45, 7) is 8.82. The van der Waals surface area contributed by atoms with Gasteiger partial charge in [-0.25, -0.2) is 0 Å². The van der Waals surface area contributed by atoms with Gasteiger partial charge in [0.25, 0.3) is 0 Å². The minimum atomic E-state index is 0.998. The molecule has 0 aromatic heterocycles. The van der Waals surface area contributed by atoms with E-state index in [1.807, 2.05) is 0 Å². The SMILES string of the molecule is CC1=C(C)N(CCCN(C)C)CN2CC1=C(N)C1=C2CCCCC1. The van der Waals surface area contributed by atoms with E-state index < -0.39 is 0 Å². The summed E-state index contributed by atoms with van der Waals surface area (Å²) in [5.41, 5.74) is 14.9. The van der Waals surface area contributed by atoms with Crippen molar-refractivity contribution in [2.75, 3.05) is 40.4 Å². The quantitative estimate of drug-likeness (QED) is 0.858. The van der Waals surface area contributed by atoms with E-state index in [1.165, 1.54) is 60.2 Å². The lowest BCUT2D eigenvalue weighted by molar-refractivity contribution is 0.199. The van der Waals surface area contributed by atoms with Gasteiger partial charge in [0.15, 0.2) is 0 Å². The van der Waals surface area contributed by atoms with Crippen LogP contribution in [-0.4, -0.2) is 55.1 Å². The highest BCUT2D eigenvalue weighted by molar-refractivity contribution is 5.50. The Balaban J connectivity index is 1.90. The van der Waals surface area contributed by atoms with Gasteiger partial charge in [-0.3, -0.25) is 0 Å². The van der Waals surface area contributed by atoms with Crippen molar-refractivity contribution in [3.05, 3.63) is 33.8 Å². The van der Waals surface area contributed by atoms with Gasteiger partial charge in [-0.05, 0) is 83.3 Å². The molecule has 0 saturated heterocycles. The Morgan fingerprint density at radius 2 is 1.79 bits per heavy atom. The molecule has 0 fully saturated rings. The average molecular weight is 331 g/mol. The van der Waals surface area contributed by atoms with Gasteiger partial charge in [0.1, 0.15) is 0 Å². The molecule has 2 heterocycles. The van der Waals surface area contributed by atoms with Crippen LogP contribution in [-0.2, 0) is 0 Å². The summed E-state index contributed by atoms with van der Waals surface area (Å²) in [7, 11) is 4.31. The third kappa shape index (κ3) is 3.34. The summed E-state index contributed by atoms with van der Waals surface area (Å²) in [5.74, 6) is 0. The van der Waals surface area contributed by atoms with Crippen LogP contribution >= 0.6 is 0 Å². The molecule has 0 unspecified atom stereocenters. The second kappa shape index (κ2) is 7.22. The Morgan fingerprint density at radius 3 is 2.54 bits per heavy atom. The molecule has 4 nitrogen and oxygen atoms in total. The number of nitrogens with zero attached hydrogens (tertiary/aromatic N) is 3. The van der Waals surface area contributed by atoms with E-state index in [-0.39, 0.29) is 0 Å². The smallest absolute Gasteiger partial charge is 0.0900 e. The van der Waals surface area contributed by atoms with E-state index in [2.05, 4.69) is 42.6 Å². The molecule has 1 aliphatic carbocycles. The first-order valence-corrected chi connectivity index (χ1v) is 9.52. The van der Waals surface area contributed by atoms with E-state index in [0.717, 1.165) is 38.4 Å². The summed E-state index contributed by atoms with van der Waals surface area (Å²) in [4.78, 5) is 7.46. The lowest BCUT2D eigenvalue weighted by Gasteiger charge is -2.36. The number of hydrogen-bond acceptors (Lipinski definition) is 4. The van der Waals surface area contributed by atoms with Crippen molar-refractivity contribution in [2.24, 2.45) is 5.73 Å². The summed E-state index contributed by atoms with van der Waals surface area (Å²) >= 11 is 0. The van der Waals surface area contributed by atoms with E-state index in [9.17, 15) is 0 Å². The third-order valence-corrected chi connectivity index (χ3v) is 5.91. The van der Waals surface area contributed by atoms with Crippen LogP contribution in [0, 0.1) is 0 Å². The summed E-state index contributed by atoms with van der Waals surface area (Å²) in [5, 5.41) is 0. The predicted molar refractivity (Wildman–Crippen MR) is 101 cm³/mol. The van der Waals surface area contributed by atoms with Crippen LogP contribution in [0.5, 0.6) is 0 Å². The molecule has 24 heavy (non-hydrogen) atoms. The molecular formula is C20H34N4. The molecule has 0 saturated carbocycles. The molecule has 4 heteroatoms. The fraction of sp³-hybridized carbons (Fsp3) is 0.700. The van der Waals surface area contributed by atoms with E-state index in [1.54, 1.807) is 0 Å². The number of fused-ring (bicyclic) bond motifs is 3. The van der Waals surface area contributed by atoms with Gasteiger partial charge in [-0.1, -0.05) is 6.42 Å². The Bertz CT molecular complexity index is 582. The number of rotatable bonds is 4. The fourth-order valence-electron chi connectivity index (χ4n) is 4.30. The van der Waals surface area contributed by atoms with E-state index in [0.29, 0.717) is 0 Å². The molecule has 2 N–H and O–H groups in total. The standard InChI is InChI=1S/C20H34N4/c1-15-16(2)23(12-8-11-22(3)4)14-24-13-18(15)20(21)17-9-6-5-7-10-19(17)24/h5-14,21H2,1-4H3. The molecule has 0 atom stereocenters. The monoisotopic (exact) mass is 330 g/mol. The minimum absolute atomic E-state index is 0.998. The first-order valence-electron chi connectivity index (χ1n) is 9.52. The predicted octanol–water partition coefficient (Wildman–Crippen LogP) is 3.25. The van der Waals surface area contributed by atoms with Crippen LogP contribution < -0.4 is 5.73 Å². The number of nitrogens with two attached hydrogens (primary N) is 1. The Hall–Kier alpha value is -1.42. The molecule has 2 aliphatic heterocycles. The topological polar surface area (TPSA) is 35.7 Å². The van der Waals surface area contributed by atoms with Crippen molar-refractivity contribution in [1.82, 2.24) is 14.7 Å². The van der Waals surface area contributed by atoms with Crippen LogP contribution in [0.2, 0.25) is 0 Å². The van der Waals surface area contributed by atoms with E-state index in [4.69, 9.17) is 5.73 Å². The Kier molecular flexibility index (Phi) is 5.24. The van der Waals surface area contributed by atoms with Crippen LogP contribution in [0.3, 0.4) is 0 Å². The maximum Gasteiger partial charge on any atom is 0.0900 e. The van der Waals surface area contributed by atoms with E-state index >= 15 is 0 Å². The molecule has 0 amide bonds. The van der Waals surface area contributed by atoms with Crippen molar-refractivity contribution in [3.8, 4) is 0 Å². The van der Waals surface area contributed by atoms with Crippen molar-refractivity contribution < 1.29 is 0 Å². The van der Waals surface area contributed by atoms with Crippen LogP contribution in [0.15, 0.2) is 33.8 Å². The second-order valence-corrected chi connectivity index (χ2v) is 7.85. The Labute approximate surface area is 147 Å². The molecular weight excluding hydrogens is 296 g/mol. The summed E-state index contributed by atoms with van der Waals surface area (Å²) in [6.07, 6.45) is 7.50. The van der Waals surface area contributed by atoms with Crippen molar-refractivity contribution in [1.29, 1.82) is 0 Å². The highest BCUT2D eigenvalue weighted by Gasteiger charge is 2.31. The zero-order valence-electron chi connectivity index (χ0n) is 16.0. The second-order valence-electron chi connectivity index (χ2n) is 7.85. The largest absolute Gasteiger partial charge is 0.398 e. The van der Waals surface area contributed by atoms with Gasteiger partial charge >= 0.3 is 0 Å². The van der Waals surface area contributed by atoms with Crippen molar-refractivity contribution in [3.63, 3.8) is 0 Å². The first kappa shape index (κ1) is 17.4. The van der Waals surface area contributed by atoms with Gasteiger partial charge in [-0.2, -0.15) is 0 Å². The maximum atomic E-state index is 6.65. The minimum Gasteiger partial charge on any atom is -0.398 e. The lowest BCUT2D eigenvalue weighted by Crippen LogP contribution is -2.39. The molecule has 0 aromatic rings. The van der Waals surface area contributed by atoms with Gasteiger partial charge < -0.3 is 20.4 Å². The molecule has 134 valence electrons. The molecule has 3 aliphatic rings. The molecule has 0 spiro atoms. The lowest BCUT2D eigenvalue weighted by atomic mass is 9.92. The van der Waals surface area contributed by atoms with Gasteiger partial charge in [0.2, 0.25) is 0 Å². The average Bonchev–Trinajstić information content (AvgIpc) is 2.85. The zero-order valence-corrected chi connectivity index (χ0v) is 16.0. The Morgan fingerprint density at radius 1 is 1.04 bits per heavy atom. The molecule has 3 rings (SSSR count). The first-order chi connectivity index (χ1) is 11.5. The zero-order chi connectivity index (χ0) is 17.3. The summed E-state index contributed by atoms with van der Waals surface area (Å²) < 4.78 is 0. The highest BCUT2D eigenvalue weighted by atomic mass is 15.3. The van der Waals surface area contributed by atoms with Crippen LogP contribution in [0.25, 0.3) is 0 Å². The molecule has 0 radical (unpaired) electrons. The van der Waals surface area contributed by atoms with Gasteiger partial charge in [-0.15, -0.1) is 0 Å². The van der Waals surface area contributed by atoms with Crippen LogP contribution in [0.1, 0.15) is 52.4 Å². The fourth-order valence-corrected chi connectivity index (χ4v) is 4.30. The molecule has 0 aromatic carbocycles. The maximum absolute atomic E-state index is 6.65. The molecule has 2 bridgehead atoms. The van der Waals surface area contributed by atoms with Crippen LogP contribution in [0.4, 0.5) is 0 Å². The van der Waals surface area contributed by atoms with Crippen molar-refractivity contribution >= 4 is 0 Å². The van der Waals surface area contributed by atoms with Gasteiger partial charge in [0.05, 0.1) is 6.67 Å². The van der Waals surface area contributed by atoms with Crippen molar-refractivity contribution in [2.45, 2.75) is 52.4 Å². The third-order valence-electron chi connectivity index (χ3n) is 5.91. The normalized spacial score (nSPS) is 22.2. The number of allylic oxidation sites excluding steroid dienone is 3. The summed E-state index contributed by atoms with van der Waals surface area (Å²) in [6, 6.07) is 0. The highest BCUT2D eigenvalue weighted by Crippen LogP contribution is 2.39.